The molecule has 0 aromatic heterocycles. The van der Waals surface area contributed by atoms with Crippen molar-refractivity contribution >= 4 is 17.9 Å². The van der Waals surface area contributed by atoms with Gasteiger partial charge in [-0.3, -0.25) is 14.4 Å². The highest BCUT2D eigenvalue weighted by Crippen LogP contribution is 2.12. The molecule has 0 saturated carbocycles. The Balaban J connectivity index is 4.44. The fourth-order valence-electron chi connectivity index (χ4n) is 6.13. The van der Waals surface area contributed by atoms with Crippen LogP contribution >= 0.6 is 0 Å². The van der Waals surface area contributed by atoms with Gasteiger partial charge in [-0.2, -0.15) is 0 Å². The van der Waals surface area contributed by atoms with Crippen molar-refractivity contribution in [2.75, 3.05) is 13.2 Å². The van der Waals surface area contributed by atoms with Crippen LogP contribution < -0.4 is 0 Å². The minimum Gasteiger partial charge on any atom is -0.462 e. The van der Waals surface area contributed by atoms with Gasteiger partial charge in [0.15, 0.2) is 6.10 Å². The van der Waals surface area contributed by atoms with Gasteiger partial charge in [0, 0.05) is 19.3 Å². The average molecular weight is 795 g/mol. The van der Waals surface area contributed by atoms with Crippen LogP contribution in [0.25, 0.3) is 0 Å². The molecule has 0 fully saturated rings. The number of allylic oxidation sites excluding steroid dienone is 12. The Bertz CT molecular complexity index is 1100. The zero-order valence-electron chi connectivity index (χ0n) is 37.1. The zero-order chi connectivity index (χ0) is 41.5. The van der Waals surface area contributed by atoms with E-state index < -0.39 is 6.10 Å². The Morgan fingerprint density at radius 3 is 1.18 bits per heavy atom. The SMILES string of the molecule is CC/C=C\C/C=C\C/C=C\CCCCCC(=O)OC(COC(=O)CCCCCCC/C=C\C/C=C\CCCCCC)COC(=O)CCCCCCC/C=C\CCC. The van der Waals surface area contributed by atoms with E-state index in [9.17, 15) is 14.4 Å². The Labute approximate surface area is 351 Å². The molecule has 0 bridgehead atoms. The Hall–Kier alpha value is -3.15. The molecule has 57 heavy (non-hydrogen) atoms. The van der Waals surface area contributed by atoms with Crippen LogP contribution in [-0.4, -0.2) is 37.2 Å². The van der Waals surface area contributed by atoms with E-state index in [0.717, 1.165) is 128 Å². The van der Waals surface area contributed by atoms with Gasteiger partial charge in [-0.05, 0) is 103 Å². The third-order valence-corrected chi connectivity index (χ3v) is 9.65. The van der Waals surface area contributed by atoms with Crippen LogP contribution in [0.1, 0.15) is 213 Å². The van der Waals surface area contributed by atoms with Crippen molar-refractivity contribution < 1.29 is 28.6 Å². The Morgan fingerprint density at radius 2 is 0.719 bits per heavy atom. The molecule has 6 heteroatoms. The van der Waals surface area contributed by atoms with Gasteiger partial charge in [-0.15, -0.1) is 0 Å². The number of carbonyl (C=O) groups is 3. The molecular weight excluding hydrogens is 709 g/mol. The molecule has 6 nitrogen and oxygen atoms in total. The van der Waals surface area contributed by atoms with Gasteiger partial charge in [-0.1, -0.05) is 164 Å². The summed E-state index contributed by atoms with van der Waals surface area (Å²) in [5.74, 6) is -0.956. The first-order valence-corrected chi connectivity index (χ1v) is 23.4. The van der Waals surface area contributed by atoms with Crippen molar-refractivity contribution in [2.45, 2.75) is 219 Å². The maximum absolute atomic E-state index is 12.7. The van der Waals surface area contributed by atoms with E-state index in [1.165, 1.54) is 44.9 Å². The first-order chi connectivity index (χ1) is 28.0. The van der Waals surface area contributed by atoms with Crippen molar-refractivity contribution in [1.82, 2.24) is 0 Å². The second-order valence-corrected chi connectivity index (χ2v) is 15.3. The molecule has 0 amide bonds. The second kappa shape index (κ2) is 45.6. The van der Waals surface area contributed by atoms with Crippen LogP contribution in [0.4, 0.5) is 0 Å². The maximum Gasteiger partial charge on any atom is 0.306 e. The van der Waals surface area contributed by atoms with E-state index in [-0.39, 0.29) is 37.5 Å². The van der Waals surface area contributed by atoms with Crippen LogP contribution in [-0.2, 0) is 28.6 Å². The smallest absolute Gasteiger partial charge is 0.306 e. The van der Waals surface area contributed by atoms with Crippen LogP contribution in [0.3, 0.4) is 0 Å². The number of rotatable bonds is 41. The van der Waals surface area contributed by atoms with Crippen LogP contribution in [0.15, 0.2) is 72.9 Å². The van der Waals surface area contributed by atoms with Gasteiger partial charge in [0.05, 0.1) is 0 Å². The zero-order valence-corrected chi connectivity index (χ0v) is 37.1. The molecule has 326 valence electrons. The Morgan fingerprint density at radius 1 is 0.368 bits per heavy atom. The van der Waals surface area contributed by atoms with E-state index >= 15 is 0 Å². The van der Waals surface area contributed by atoms with Crippen LogP contribution in [0.2, 0.25) is 0 Å². The van der Waals surface area contributed by atoms with Crippen molar-refractivity contribution in [2.24, 2.45) is 0 Å². The summed E-state index contributed by atoms with van der Waals surface area (Å²) < 4.78 is 16.7. The van der Waals surface area contributed by atoms with Gasteiger partial charge < -0.3 is 14.2 Å². The number of hydrogen-bond acceptors (Lipinski definition) is 6. The predicted octanol–water partition coefficient (Wildman–Crippen LogP) is 15.1. The molecule has 0 rings (SSSR count). The summed E-state index contributed by atoms with van der Waals surface area (Å²) in [6, 6.07) is 0. The summed E-state index contributed by atoms with van der Waals surface area (Å²) in [5.41, 5.74) is 0. The van der Waals surface area contributed by atoms with Gasteiger partial charge in [0.2, 0.25) is 0 Å². The standard InChI is InChI=1S/C51H86O6/c1-4-7-10-13-16-19-22-24-25-26-28-29-32-35-38-41-44-50(53)56-47-48(46-55-49(52)43-40-37-34-31-21-18-15-12-9-6-3)57-51(54)45-42-39-36-33-30-27-23-20-17-14-11-8-5-2/h8,11-12,15,17,19-20,22,25-27,30,48H,4-7,9-10,13-14,16,18,21,23-24,28-29,31-47H2,1-3H3/b11-8-,15-12-,20-17-,22-19-,26-25-,30-27-. The van der Waals surface area contributed by atoms with Crippen molar-refractivity contribution in [3.05, 3.63) is 72.9 Å². The topological polar surface area (TPSA) is 78.9 Å². The molecule has 0 aliphatic heterocycles. The molecule has 0 aliphatic carbocycles. The quantitative estimate of drug-likeness (QED) is 0.0265. The van der Waals surface area contributed by atoms with Gasteiger partial charge >= 0.3 is 17.9 Å². The molecule has 0 heterocycles. The first kappa shape index (κ1) is 53.9. The molecule has 1 atom stereocenters. The monoisotopic (exact) mass is 795 g/mol. The number of carbonyl (C=O) groups excluding carboxylic acids is 3. The summed E-state index contributed by atoms with van der Waals surface area (Å²) in [6.07, 6.45) is 56.0. The van der Waals surface area contributed by atoms with Crippen LogP contribution in [0, 0.1) is 0 Å². The summed E-state index contributed by atoms with van der Waals surface area (Å²) >= 11 is 0. The second-order valence-electron chi connectivity index (χ2n) is 15.3. The first-order valence-electron chi connectivity index (χ1n) is 23.4. The normalized spacial score (nSPS) is 12.7. The molecule has 0 aromatic rings. The minimum absolute atomic E-state index is 0.0974. The van der Waals surface area contributed by atoms with Crippen molar-refractivity contribution in [3.63, 3.8) is 0 Å². The highest BCUT2D eigenvalue weighted by molar-refractivity contribution is 5.71. The van der Waals surface area contributed by atoms with Crippen LogP contribution in [0.5, 0.6) is 0 Å². The predicted molar refractivity (Wildman–Crippen MR) is 242 cm³/mol. The highest BCUT2D eigenvalue weighted by Gasteiger charge is 2.19. The van der Waals surface area contributed by atoms with E-state index in [2.05, 4.69) is 93.7 Å². The highest BCUT2D eigenvalue weighted by atomic mass is 16.6. The lowest BCUT2D eigenvalue weighted by atomic mass is 10.1. The molecule has 0 N–H and O–H groups in total. The van der Waals surface area contributed by atoms with Gasteiger partial charge in [-0.25, -0.2) is 0 Å². The summed E-state index contributed by atoms with van der Waals surface area (Å²) in [4.78, 5) is 37.7. The molecule has 0 spiro atoms. The molecular formula is C51H86O6. The lowest BCUT2D eigenvalue weighted by Crippen LogP contribution is -2.30. The number of hydrogen-bond donors (Lipinski definition) is 0. The third kappa shape index (κ3) is 43.8. The molecule has 1 unspecified atom stereocenters. The lowest BCUT2D eigenvalue weighted by molar-refractivity contribution is -0.167. The number of esters is 3. The van der Waals surface area contributed by atoms with Crippen molar-refractivity contribution in [3.8, 4) is 0 Å². The van der Waals surface area contributed by atoms with E-state index in [4.69, 9.17) is 14.2 Å². The fourth-order valence-corrected chi connectivity index (χ4v) is 6.13. The Kier molecular flexibility index (Phi) is 43.0. The van der Waals surface area contributed by atoms with E-state index in [1.54, 1.807) is 0 Å². The molecule has 0 saturated heterocycles. The van der Waals surface area contributed by atoms with Gasteiger partial charge in [0.1, 0.15) is 13.2 Å². The lowest BCUT2D eigenvalue weighted by Gasteiger charge is -2.18. The molecule has 0 radical (unpaired) electrons. The van der Waals surface area contributed by atoms with E-state index in [0.29, 0.717) is 12.8 Å². The largest absolute Gasteiger partial charge is 0.462 e. The number of ether oxygens (including phenoxy) is 3. The summed E-state index contributed by atoms with van der Waals surface area (Å²) in [7, 11) is 0. The minimum atomic E-state index is -0.797. The fraction of sp³-hybridized carbons (Fsp3) is 0.706. The van der Waals surface area contributed by atoms with Crippen molar-refractivity contribution in [1.29, 1.82) is 0 Å². The summed E-state index contributed by atoms with van der Waals surface area (Å²) in [6.45, 7) is 6.38. The third-order valence-electron chi connectivity index (χ3n) is 9.65. The number of unbranched alkanes of at least 4 members (excludes halogenated alkanes) is 18. The summed E-state index contributed by atoms with van der Waals surface area (Å²) in [5, 5.41) is 0. The molecule has 0 aromatic carbocycles. The maximum atomic E-state index is 12.7. The molecule has 0 aliphatic rings. The van der Waals surface area contributed by atoms with E-state index in [1.807, 2.05) is 0 Å². The van der Waals surface area contributed by atoms with Gasteiger partial charge in [0.25, 0.3) is 0 Å². The average Bonchev–Trinajstić information content (AvgIpc) is 3.21.